The van der Waals surface area contributed by atoms with E-state index >= 15 is 0 Å². The normalized spacial score (nSPS) is 15.3. The molecule has 76 heavy (non-hydrogen) atoms. The minimum Gasteiger partial charge on any atom is -0.399 e. The molecule has 0 spiro atoms. The highest BCUT2D eigenvalue weighted by atomic mass is 79.9. The second kappa shape index (κ2) is 24.8. The summed E-state index contributed by atoms with van der Waals surface area (Å²) in [5, 5.41) is 0.778. The predicted octanol–water partition coefficient (Wildman–Crippen LogP) is 9.57. The molecule has 8 aromatic rings. The zero-order valence-electron chi connectivity index (χ0n) is 45.0. The lowest BCUT2D eigenvalue weighted by Gasteiger charge is -2.32. The van der Waals surface area contributed by atoms with Crippen molar-refractivity contribution in [1.82, 2.24) is 44.9 Å². The Bertz CT molecular complexity index is 3180. The first kappa shape index (κ1) is 58.3. The van der Waals surface area contributed by atoms with Gasteiger partial charge in [-0.2, -0.15) is 0 Å². The Labute approximate surface area is 459 Å². The van der Waals surface area contributed by atoms with Crippen LogP contribution >= 0.6 is 27.5 Å². The molecule has 394 valence electrons. The van der Waals surface area contributed by atoms with Crippen molar-refractivity contribution in [3.63, 3.8) is 0 Å². The lowest BCUT2D eigenvalue weighted by Crippen LogP contribution is -2.41. The summed E-state index contributed by atoms with van der Waals surface area (Å²) in [4.78, 5) is 36.7. The fourth-order valence-corrected chi connectivity index (χ4v) is 7.69. The molecule has 0 saturated carbocycles. The molecule has 0 aromatic carbocycles. The average molecular weight is 1110 g/mol. The van der Waals surface area contributed by atoms with Gasteiger partial charge in [0.25, 0.3) is 0 Å². The van der Waals surface area contributed by atoms with Crippen LogP contribution < -0.4 is 34.0 Å². The maximum absolute atomic E-state index is 6.10. The van der Waals surface area contributed by atoms with E-state index in [9.17, 15) is 0 Å². The zero-order chi connectivity index (χ0) is 55.6. The van der Waals surface area contributed by atoms with Gasteiger partial charge in [-0.15, -0.1) is 0 Å². The average Bonchev–Trinajstić information content (AvgIpc) is 3.74. The Kier molecular flexibility index (Phi) is 19.1. The number of halogens is 2. The summed E-state index contributed by atoms with van der Waals surface area (Å²) in [5.74, 6) is 1.87. The molecule has 0 unspecified atom stereocenters. The largest absolute Gasteiger partial charge is 0.516 e. The number of hydrogen-bond acceptors (Lipinski definition) is 17. The first-order valence-corrected chi connectivity index (χ1v) is 25.4. The highest BCUT2D eigenvalue weighted by Gasteiger charge is 2.53. The minimum absolute atomic E-state index is 0.360. The molecule has 0 amide bonds. The van der Waals surface area contributed by atoms with Crippen LogP contribution in [-0.2, 0) is 18.6 Å². The van der Waals surface area contributed by atoms with Crippen LogP contribution in [0.1, 0.15) is 77.6 Å². The van der Waals surface area contributed by atoms with Gasteiger partial charge in [-0.05, 0) is 186 Å². The Morgan fingerprint density at radius 2 is 0.855 bits per heavy atom. The number of aromatic nitrogens is 9. The number of nitrogens with two attached hydrogens (primary N) is 4. The molecule has 8 aromatic heterocycles. The molecule has 8 N–H and O–H groups in total. The van der Waals surface area contributed by atoms with Crippen LogP contribution in [0, 0.1) is 27.7 Å². The number of nitrogens with zero attached hydrogens (tertiary/aromatic N) is 9. The van der Waals surface area contributed by atoms with E-state index in [2.05, 4.69) is 60.8 Å². The van der Waals surface area contributed by atoms with Gasteiger partial charge in [0.1, 0.15) is 23.3 Å². The van der Waals surface area contributed by atoms with Crippen molar-refractivity contribution in [2.45, 2.75) is 105 Å². The standard InChI is InChI=1S/C17H22BN3O2.C11H10BrN3.C11H11N3.C10H16BN3O2.C6H6ClN/c1-11-9-20-7-6-13(11)12-8-14(15(19)21-10-12)18-22-16(2,3)17(4,5)23-18;1-7-5-14-3-2-9(7)8-4-10(12)11(13)15-6-8;1-8-6-13-5-4-10(8)9-2-3-11(12)14-7-9;1-9(2)10(3,4)16-11(15-9)7-5-14-8(12)6-13-7;1-5-4-8-3-2-6(5)7/h6-10H,1-5H3,(H2,19,21);2-6H,1H3,(H2,13,15);2-7H,1H3,(H2,12,14);5-6H,1-4H3,(H2,12,14);2-4H,1H3. The van der Waals surface area contributed by atoms with Gasteiger partial charge in [0.15, 0.2) is 0 Å². The third-order valence-electron chi connectivity index (χ3n) is 13.2. The fraction of sp³-hybridized carbons (Fsp3) is 0.291. The molecule has 0 bridgehead atoms. The van der Waals surface area contributed by atoms with Crippen molar-refractivity contribution in [3.05, 3.63) is 161 Å². The molecule has 2 aliphatic heterocycles. The molecule has 21 heteroatoms. The van der Waals surface area contributed by atoms with Gasteiger partial charge < -0.3 is 41.6 Å². The van der Waals surface area contributed by atoms with Gasteiger partial charge in [0, 0.05) is 102 Å². The second-order valence-electron chi connectivity index (χ2n) is 20.0. The molecule has 10 heterocycles. The summed E-state index contributed by atoms with van der Waals surface area (Å²) in [6, 6.07) is 15.4. The van der Waals surface area contributed by atoms with E-state index in [4.69, 9.17) is 53.2 Å². The lowest BCUT2D eigenvalue weighted by atomic mass is 9.78. The van der Waals surface area contributed by atoms with Crippen LogP contribution in [0.2, 0.25) is 5.02 Å². The van der Waals surface area contributed by atoms with E-state index in [0.717, 1.165) is 70.6 Å². The molecule has 0 atom stereocenters. The molecular formula is C55H65B2BrClN13O4. The van der Waals surface area contributed by atoms with Crippen molar-refractivity contribution in [1.29, 1.82) is 0 Å². The summed E-state index contributed by atoms with van der Waals surface area (Å²) >= 11 is 9.03. The minimum atomic E-state index is -0.519. The first-order valence-electron chi connectivity index (χ1n) is 24.2. The van der Waals surface area contributed by atoms with Gasteiger partial charge in [-0.3, -0.25) is 24.9 Å². The molecule has 2 fully saturated rings. The number of aryl methyl sites for hydroxylation is 4. The Balaban J connectivity index is 0.000000159. The quantitative estimate of drug-likeness (QED) is 0.117. The van der Waals surface area contributed by atoms with E-state index in [1.54, 1.807) is 67.9 Å². The van der Waals surface area contributed by atoms with Gasteiger partial charge >= 0.3 is 14.2 Å². The van der Waals surface area contributed by atoms with Gasteiger partial charge in [0.2, 0.25) is 0 Å². The van der Waals surface area contributed by atoms with Crippen molar-refractivity contribution < 1.29 is 18.6 Å². The Morgan fingerprint density at radius 1 is 0.434 bits per heavy atom. The SMILES string of the molecule is CC1(C)OB(c2cnc(N)cn2)OC1(C)C.Cc1cnccc1-c1ccc(N)nc1.Cc1cnccc1-c1cnc(N)c(B2OC(C)(C)C(C)(C)O2)c1.Cc1cnccc1-c1cnc(N)c(Br)c1.Cc1cnccc1Cl. The van der Waals surface area contributed by atoms with Crippen molar-refractivity contribution >= 4 is 76.1 Å². The zero-order valence-corrected chi connectivity index (χ0v) is 47.3. The van der Waals surface area contributed by atoms with Gasteiger partial charge in [0.05, 0.1) is 38.7 Å². The topological polar surface area (TPSA) is 257 Å². The predicted molar refractivity (Wildman–Crippen MR) is 309 cm³/mol. The Hall–Kier alpha value is -6.93. The molecule has 10 rings (SSSR count). The number of hydrogen-bond donors (Lipinski definition) is 4. The molecule has 2 saturated heterocycles. The monoisotopic (exact) mass is 1110 g/mol. The summed E-state index contributed by atoms with van der Waals surface area (Å²) in [6.07, 6.45) is 22.6. The second-order valence-corrected chi connectivity index (χ2v) is 21.3. The lowest BCUT2D eigenvalue weighted by molar-refractivity contribution is 0.00578. The first-order chi connectivity index (χ1) is 35.8. The summed E-state index contributed by atoms with van der Waals surface area (Å²) in [7, 11) is -0.993. The summed E-state index contributed by atoms with van der Waals surface area (Å²) < 4.78 is 24.7. The van der Waals surface area contributed by atoms with Crippen molar-refractivity contribution in [2.75, 3.05) is 22.9 Å². The van der Waals surface area contributed by atoms with E-state index in [-0.39, 0.29) is 11.2 Å². The molecule has 0 aliphatic carbocycles. The molecular weight excluding hydrogens is 1040 g/mol. The smallest absolute Gasteiger partial charge is 0.399 e. The maximum Gasteiger partial charge on any atom is 0.516 e. The highest BCUT2D eigenvalue weighted by molar-refractivity contribution is 9.10. The van der Waals surface area contributed by atoms with Crippen LogP contribution in [0.15, 0.2) is 134 Å². The van der Waals surface area contributed by atoms with E-state index in [0.29, 0.717) is 28.9 Å². The van der Waals surface area contributed by atoms with Crippen LogP contribution in [0.3, 0.4) is 0 Å². The van der Waals surface area contributed by atoms with Crippen molar-refractivity contribution in [3.8, 4) is 33.4 Å². The summed E-state index contributed by atoms with van der Waals surface area (Å²) in [6.45, 7) is 24.1. The third kappa shape index (κ3) is 14.7. The number of anilines is 4. The maximum atomic E-state index is 6.10. The summed E-state index contributed by atoms with van der Waals surface area (Å²) in [5.41, 5.74) is 33.4. The van der Waals surface area contributed by atoms with Crippen molar-refractivity contribution in [2.24, 2.45) is 0 Å². The molecule has 2 aliphatic rings. The van der Waals surface area contributed by atoms with E-state index in [1.807, 2.05) is 138 Å². The van der Waals surface area contributed by atoms with Gasteiger partial charge in [-0.25, -0.2) is 19.9 Å². The molecule has 0 radical (unpaired) electrons. The van der Waals surface area contributed by atoms with Crippen LogP contribution in [0.4, 0.5) is 23.3 Å². The molecule has 17 nitrogen and oxygen atoms in total. The van der Waals surface area contributed by atoms with E-state index in [1.165, 1.54) is 6.20 Å². The number of rotatable bonds is 5. The fourth-order valence-electron chi connectivity index (χ4n) is 7.24. The van der Waals surface area contributed by atoms with Crippen LogP contribution in [0.25, 0.3) is 33.4 Å². The highest BCUT2D eigenvalue weighted by Crippen LogP contribution is 2.38. The number of nitrogen functional groups attached to an aromatic ring is 4. The van der Waals surface area contributed by atoms with Gasteiger partial charge in [-0.1, -0.05) is 11.6 Å². The third-order valence-corrected chi connectivity index (χ3v) is 14.3. The van der Waals surface area contributed by atoms with Crippen LogP contribution in [-0.4, -0.2) is 81.5 Å². The van der Waals surface area contributed by atoms with Crippen LogP contribution in [0.5, 0.6) is 0 Å². The number of pyridine rings is 7. The Morgan fingerprint density at radius 3 is 1.26 bits per heavy atom. The van der Waals surface area contributed by atoms with E-state index < -0.39 is 25.4 Å².